The molecule has 0 saturated heterocycles. The number of carbonyl (C=O) groups is 1. The van der Waals surface area contributed by atoms with E-state index in [2.05, 4.69) is 10.1 Å². The third-order valence-corrected chi connectivity index (χ3v) is 6.20. The summed E-state index contributed by atoms with van der Waals surface area (Å²) in [4.78, 5) is 51.6. The maximum absolute atomic E-state index is 13.4. The van der Waals surface area contributed by atoms with Crippen LogP contribution in [0.3, 0.4) is 0 Å². The number of fused-ring (bicyclic) bond motifs is 1. The Morgan fingerprint density at radius 1 is 0.907 bits per heavy atom. The molecule has 0 aliphatic rings. The number of nitro groups is 2. The number of nitrogens with zero attached hydrogens (tertiary/aromatic N) is 5. The summed E-state index contributed by atoms with van der Waals surface area (Å²) in [5.41, 5.74) is 0.759. The van der Waals surface area contributed by atoms with Crippen LogP contribution < -0.4 is 15.0 Å². The Balaban J connectivity index is 1.49. The van der Waals surface area contributed by atoms with Crippen LogP contribution in [0, 0.1) is 20.2 Å². The number of para-hydroxylation sites is 1. The summed E-state index contributed by atoms with van der Waals surface area (Å²) in [5.74, 6) is -0.230. The van der Waals surface area contributed by atoms with Gasteiger partial charge in [-0.3, -0.25) is 25.0 Å². The quantitative estimate of drug-likeness (QED) is 0.0731. The predicted molar refractivity (Wildman–Crippen MR) is 157 cm³/mol. The normalized spacial score (nSPS) is 11.0. The molecule has 5 aromatic rings. The lowest BCUT2D eigenvalue weighted by Crippen LogP contribution is -2.20. The molecule has 1 heterocycles. The molecule has 0 saturated carbocycles. The first kappa shape index (κ1) is 28.3. The molecule has 0 spiro atoms. The van der Waals surface area contributed by atoms with Crippen LogP contribution in [0.2, 0.25) is 0 Å². The highest BCUT2D eigenvalue weighted by molar-refractivity contribution is 5.92. The Bertz CT molecular complexity index is 1950. The van der Waals surface area contributed by atoms with E-state index in [9.17, 15) is 29.8 Å². The molecule has 0 N–H and O–H groups in total. The van der Waals surface area contributed by atoms with Crippen LogP contribution in [0.5, 0.6) is 11.5 Å². The molecular weight excluding hydrogens is 558 g/mol. The summed E-state index contributed by atoms with van der Waals surface area (Å²) in [6, 6.07) is 22.0. The van der Waals surface area contributed by atoms with Crippen molar-refractivity contribution in [3.05, 3.63) is 133 Å². The van der Waals surface area contributed by atoms with Crippen LogP contribution in [0.25, 0.3) is 22.3 Å². The number of ether oxygens (including phenoxy) is 2. The molecule has 43 heavy (non-hydrogen) atoms. The van der Waals surface area contributed by atoms with Crippen LogP contribution in [0.4, 0.5) is 11.4 Å². The summed E-state index contributed by atoms with van der Waals surface area (Å²) in [6.45, 7) is 2.00. The largest absolute Gasteiger partial charge is 0.490 e. The molecule has 13 nitrogen and oxygen atoms in total. The van der Waals surface area contributed by atoms with Crippen LogP contribution in [-0.4, -0.2) is 38.3 Å². The molecule has 214 valence electrons. The molecule has 4 aromatic carbocycles. The van der Waals surface area contributed by atoms with Crippen LogP contribution in [0.1, 0.15) is 22.8 Å². The van der Waals surface area contributed by atoms with Crippen LogP contribution in [-0.2, 0) is 0 Å². The second-order valence-electron chi connectivity index (χ2n) is 8.95. The number of aromatic nitrogens is 2. The zero-order valence-corrected chi connectivity index (χ0v) is 22.4. The summed E-state index contributed by atoms with van der Waals surface area (Å²) >= 11 is 0. The molecule has 0 unspecified atom stereocenters. The maximum Gasteiger partial charge on any atom is 0.343 e. The Labute approximate surface area is 242 Å². The minimum Gasteiger partial charge on any atom is -0.490 e. The van der Waals surface area contributed by atoms with Gasteiger partial charge in [0.05, 0.1) is 39.1 Å². The van der Waals surface area contributed by atoms with Crippen molar-refractivity contribution < 1.29 is 24.1 Å². The summed E-state index contributed by atoms with van der Waals surface area (Å²) in [7, 11) is 0. The number of benzene rings is 4. The lowest BCUT2D eigenvalue weighted by molar-refractivity contribution is -0.385. The first-order chi connectivity index (χ1) is 20.7. The second kappa shape index (κ2) is 12.1. The fourth-order valence-corrected chi connectivity index (χ4v) is 4.11. The lowest BCUT2D eigenvalue weighted by Gasteiger charge is -2.12. The van der Waals surface area contributed by atoms with Crippen molar-refractivity contribution in [3.8, 4) is 22.9 Å². The smallest absolute Gasteiger partial charge is 0.343 e. The first-order valence-electron chi connectivity index (χ1n) is 12.8. The van der Waals surface area contributed by atoms with E-state index in [1.165, 1.54) is 60.8 Å². The van der Waals surface area contributed by atoms with Gasteiger partial charge in [0.1, 0.15) is 0 Å². The van der Waals surface area contributed by atoms with Gasteiger partial charge in [0.25, 0.3) is 16.9 Å². The lowest BCUT2D eigenvalue weighted by atomic mass is 10.1. The van der Waals surface area contributed by atoms with Gasteiger partial charge in [-0.2, -0.15) is 9.78 Å². The SMILES string of the molecule is CCOc1cc(C=Nn2c(-c3ccc([N+](=O)[O-])cc3)nc3ccccc3c2=O)ccc1OC(=O)c1ccc([N+](=O)[O-])cc1. The number of esters is 1. The average molecular weight is 580 g/mol. The minimum absolute atomic E-state index is 0.110. The van der Waals surface area contributed by atoms with E-state index in [0.29, 0.717) is 22.0 Å². The summed E-state index contributed by atoms with van der Waals surface area (Å²) in [5, 5.41) is 26.7. The van der Waals surface area contributed by atoms with E-state index >= 15 is 0 Å². The van der Waals surface area contributed by atoms with Gasteiger partial charge < -0.3 is 9.47 Å². The molecule has 13 heteroatoms. The topological polar surface area (TPSA) is 169 Å². The van der Waals surface area contributed by atoms with E-state index in [4.69, 9.17) is 9.47 Å². The zero-order valence-electron chi connectivity index (χ0n) is 22.4. The summed E-state index contributed by atoms with van der Waals surface area (Å²) in [6.07, 6.45) is 1.40. The van der Waals surface area contributed by atoms with Gasteiger partial charge in [-0.25, -0.2) is 9.78 Å². The number of rotatable bonds is 9. The highest BCUT2D eigenvalue weighted by Gasteiger charge is 2.16. The monoisotopic (exact) mass is 579 g/mol. The number of nitro benzene ring substituents is 2. The fourth-order valence-electron chi connectivity index (χ4n) is 4.11. The van der Waals surface area contributed by atoms with Crippen molar-refractivity contribution in [2.45, 2.75) is 6.92 Å². The highest BCUT2D eigenvalue weighted by atomic mass is 16.6. The average Bonchev–Trinajstić information content (AvgIpc) is 3.01. The highest BCUT2D eigenvalue weighted by Crippen LogP contribution is 2.29. The number of hydrogen-bond donors (Lipinski definition) is 0. The van der Waals surface area contributed by atoms with Crippen molar-refractivity contribution in [1.29, 1.82) is 0 Å². The molecule has 0 atom stereocenters. The molecule has 5 rings (SSSR count). The number of carbonyl (C=O) groups excluding carboxylic acids is 1. The van der Waals surface area contributed by atoms with Gasteiger partial charge >= 0.3 is 5.97 Å². The van der Waals surface area contributed by atoms with Crippen LogP contribution in [0.15, 0.2) is 101 Å². The van der Waals surface area contributed by atoms with Gasteiger partial charge in [0.2, 0.25) is 0 Å². The number of hydrogen-bond acceptors (Lipinski definition) is 10. The predicted octanol–water partition coefficient (Wildman–Crippen LogP) is 5.38. The van der Waals surface area contributed by atoms with Crippen molar-refractivity contribution in [2.75, 3.05) is 6.61 Å². The first-order valence-corrected chi connectivity index (χ1v) is 12.8. The molecule has 0 amide bonds. The van der Waals surface area contributed by atoms with Gasteiger partial charge in [-0.15, -0.1) is 0 Å². The van der Waals surface area contributed by atoms with Crippen molar-refractivity contribution in [3.63, 3.8) is 0 Å². The Morgan fingerprint density at radius 2 is 1.56 bits per heavy atom. The van der Waals surface area contributed by atoms with Gasteiger partial charge in [-0.1, -0.05) is 12.1 Å². The van der Waals surface area contributed by atoms with E-state index in [1.807, 2.05) is 0 Å². The Kier molecular flexibility index (Phi) is 7.96. The van der Waals surface area contributed by atoms with E-state index in [1.54, 1.807) is 43.3 Å². The standard InChI is InChI=1S/C30H21N5O8/c1-2-42-27-17-19(7-16-26(27)43-30(37)21-10-14-23(15-11-21)35(40)41)18-31-33-28(20-8-12-22(13-9-20)34(38)39)32-25-6-4-3-5-24(25)29(33)36/h3-18H,2H2,1H3. The molecule has 0 radical (unpaired) electrons. The molecular formula is C30H21N5O8. The molecule has 0 fully saturated rings. The molecule has 1 aromatic heterocycles. The van der Waals surface area contributed by atoms with Crippen LogP contribution >= 0.6 is 0 Å². The Hall–Kier alpha value is -6.24. The van der Waals surface area contributed by atoms with Crippen molar-refractivity contribution >= 4 is 34.5 Å². The van der Waals surface area contributed by atoms with Crippen molar-refractivity contribution in [1.82, 2.24) is 9.66 Å². The third-order valence-electron chi connectivity index (χ3n) is 6.20. The third kappa shape index (κ3) is 6.10. The van der Waals surface area contributed by atoms with Crippen molar-refractivity contribution in [2.24, 2.45) is 5.10 Å². The fraction of sp³-hybridized carbons (Fsp3) is 0.0667. The van der Waals surface area contributed by atoms with Gasteiger partial charge in [0.15, 0.2) is 17.3 Å². The number of non-ortho nitro benzene ring substituents is 2. The van der Waals surface area contributed by atoms with E-state index in [0.717, 1.165) is 4.68 Å². The molecule has 0 aliphatic heterocycles. The summed E-state index contributed by atoms with van der Waals surface area (Å²) < 4.78 is 12.2. The molecule has 0 bridgehead atoms. The van der Waals surface area contributed by atoms with E-state index in [-0.39, 0.29) is 40.9 Å². The minimum atomic E-state index is -0.737. The molecule has 0 aliphatic carbocycles. The van der Waals surface area contributed by atoms with E-state index < -0.39 is 21.4 Å². The second-order valence-corrected chi connectivity index (χ2v) is 8.95. The maximum atomic E-state index is 13.4. The zero-order chi connectivity index (χ0) is 30.5. The Morgan fingerprint density at radius 3 is 2.21 bits per heavy atom. The van der Waals surface area contributed by atoms with Gasteiger partial charge in [-0.05, 0) is 67.1 Å². The van der Waals surface area contributed by atoms with Gasteiger partial charge in [0, 0.05) is 29.8 Å².